The molecule has 122 valence electrons. The van der Waals surface area contributed by atoms with Gasteiger partial charge in [0.25, 0.3) is 5.91 Å². The van der Waals surface area contributed by atoms with Crippen molar-refractivity contribution >= 4 is 5.91 Å². The Hall–Kier alpha value is -2.41. The highest BCUT2D eigenvalue weighted by Gasteiger charge is 2.41. The van der Waals surface area contributed by atoms with Gasteiger partial charge < -0.3 is 19.3 Å². The lowest BCUT2D eigenvalue weighted by Gasteiger charge is -2.42. The summed E-state index contributed by atoms with van der Waals surface area (Å²) in [6, 6.07) is 7.24. The van der Waals surface area contributed by atoms with Gasteiger partial charge in [0.15, 0.2) is 5.69 Å². The van der Waals surface area contributed by atoms with Crippen LogP contribution in [-0.2, 0) is 0 Å². The first-order valence-corrected chi connectivity index (χ1v) is 7.30. The van der Waals surface area contributed by atoms with Crippen molar-refractivity contribution in [1.82, 2.24) is 10.1 Å². The van der Waals surface area contributed by atoms with Gasteiger partial charge in [0.1, 0.15) is 29.5 Å². The van der Waals surface area contributed by atoms with E-state index in [4.69, 9.17) is 4.74 Å². The molecule has 1 aromatic carbocycles. The summed E-state index contributed by atoms with van der Waals surface area (Å²) in [5.74, 6) is -0.351. The molecule has 3 rings (SSSR count). The van der Waals surface area contributed by atoms with E-state index >= 15 is 0 Å². The normalized spacial score (nSPS) is 24.5. The van der Waals surface area contributed by atoms with E-state index in [1.54, 1.807) is 19.1 Å². The number of hydrogen-bond donors (Lipinski definition) is 1. The highest BCUT2D eigenvalue weighted by molar-refractivity contribution is 5.92. The quantitative estimate of drug-likeness (QED) is 0.934. The summed E-state index contributed by atoms with van der Waals surface area (Å²) < 4.78 is 23.6. The van der Waals surface area contributed by atoms with Gasteiger partial charge in [-0.1, -0.05) is 11.2 Å². The summed E-state index contributed by atoms with van der Waals surface area (Å²) >= 11 is 0. The molecule has 0 aliphatic carbocycles. The van der Waals surface area contributed by atoms with E-state index in [0.717, 1.165) is 0 Å². The third-order valence-electron chi connectivity index (χ3n) is 3.88. The van der Waals surface area contributed by atoms with Crippen molar-refractivity contribution in [1.29, 1.82) is 0 Å². The highest BCUT2D eigenvalue weighted by Crippen LogP contribution is 2.27. The zero-order valence-corrected chi connectivity index (χ0v) is 12.6. The molecule has 0 radical (unpaired) electrons. The fourth-order valence-corrected chi connectivity index (χ4v) is 2.70. The van der Waals surface area contributed by atoms with Gasteiger partial charge >= 0.3 is 0 Å². The van der Waals surface area contributed by atoms with Crippen molar-refractivity contribution in [2.24, 2.45) is 0 Å². The van der Waals surface area contributed by atoms with Gasteiger partial charge in [-0.2, -0.15) is 0 Å². The van der Waals surface area contributed by atoms with Crippen LogP contribution in [0.4, 0.5) is 4.39 Å². The van der Waals surface area contributed by atoms with Crippen molar-refractivity contribution in [3.63, 3.8) is 0 Å². The molecule has 1 fully saturated rings. The second kappa shape index (κ2) is 6.00. The van der Waals surface area contributed by atoms with Crippen molar-refractivity contribution < 1.29 is 23.6 Å². The molecule has 1 aliphatic rings. The first kappa shape index (κ1) is 15.5. The number of benzene rings is 1. The van der Waals surface area contributed by atoms with Crippen LogP contribution in [0.5, 0.6) is 5.75 Å². The molecule has 2 heterocycles. The summed E-state index contributed by atoms with van der Waals surface area (Å²) in [5.41, 5.74) is -1.06. The van der Waals surface area contributed by atoms with Crippen LogP contribution in [0.15, 0.2) is 41.1 Å². The minimum Gasteiger partial charge on any atom is -0.487 e. The molecule has 2 aromatic rings. The number of carbonyl (C=O) groups is 1. The van der Waals surface area contributed by atoms with Gasteiger partial charge in [-0.3, -0.25) is 4.79 Å². The van der Waals surface area contributed by atoms with Gasteiger partial charge in [-0.15, -0.1) is 0 Å². The van der Waals surface area contributed by atoms with Crippen LogP contribution in [0.1, 0.15) is 23.8 Å². The van der Waals surface area contributed by atoms with Crippen LogP contribution in [0.25, 0.3) is 0 Å². The number of carbonyl (C=O) groups excluding carboxylic acids is 1. The summed E-state index contributed by atoms with van der Waals surface area (Å²) in [6.45, 7) is 2.10. The maximum Gasteiger partial charge on any atom is 0.276 e. The Morgan fingerprint density at radius 2 is 2.35 bits per heavy atom. The first-order valence-electron chi connectivity index (χ1n) is 7.30. The van der Waals surface area contributed by atoms with Crippen LogP contribution < -0.4 is 4.74 Å². The van der Waals surface area contributed by atoms with Crippen LogP contribution in [0.2, 0.25) is 0 Å². The second-order valence-electron chi connectivity index (χ2n) is 5.82. The Balaban J connectivity index is 1.69. The van der Waals surface area contributed by atoms with Crippen molar-refractivity contribution in [2.45, 2.75) is 25.0 Å². The molecule has 2 atom stereocenters. The monoisotopic (exact) mass is 320 g/mol. The predicted molar refractivity (Wildman–Crippen MR) is 78.5 cm³/mol. The molecule has 1 aliphatic heterocycles. The molecule has 1 aromatic heterocycles. The number of aromatic nitrogens is 1. The number of β-amino-alcohol motifs (C(OH)–C–C–N with tert-alkyl or cyclic N) is 1. The fraction of sp³-hybridized carbons (Fsp3) is 0.375. The van der Waals surface area contributed by atoms with E-state index in [-0.39, 0.29) is 18.1 Å². The Kier molecular flexibility index (Phi) is 4.04. The molecule has 0 unspecified atom stereocenters. The molecule has 7 heteroatoms. The van der Waals surface area contributed by atoms with E-state index in [9.17, 15) is 14.3 Å². The lowest BCUT2D eigenvalue weighted by Crippen LogP contribution is -2.58. The average molecular weight is 320 g/mol. The Morgan fingerprint density at radius 3 is 3.00 bits per heavy atom. The molecule has 0 saturated carbocycles. The predicted octanol–water partition coefficient (Wildman–Crippen LogP) is 1.86. The molecule has 6 nitrogen and oxygen atoms in total. The van der Waals surface area contributed by atoms with Crippen molar-refractivity contribution in [2.75, 3.05) is 13.1 Å². The van der Waals surface area contributed by atoms with Crippen LogP contribution in [0.3, 0.4) is 0 Å². The van der Waals surface area contributed by atoms with E-state index in [0.29, 0.717) is 18.7 Å². The van der Waals surface area contributed by atoms with E-state index in [1.165, 1.54) is 29.4 Å². The van der Waals surface area contributed by atoms with Crippen LogP contribution >= 0.6 is 0 Å². The third-order valence-corrected chi connectivity index (χ3v) is 3.88. The number of piperidine rings is 1. The zero-order chi connectivity index (χ0) is 16.4. The van der Waals surface area contributed by atoms with E-state index in [2.05, 4.69) is 9.68 Å². The maximum absolute atomic E-state index is 13.2. The lowest BCUT2D eigenvalue weighted by atomic mass is 9.91. The van der Waals surface area contributed by atoms with Gasteiger partial charge in [-0.05, 0) is 19.1 Å². The molecular formula is C16H17FN2O4. The molecule has 0 bridgehead atoms. The Labute approximate surface area is 132 Å². The largest absolute Gasteiger partial charge is 0.487 e. The molecule has 1 N–H and O–H groups in total. The topological polar surface area (TPSA) is 75.8 Å². The Morgan fingerprint density at radius 1 is 1.52 bits per heavy atom. The summed E-state index contributed by atoms with van der Waals surface area (Å²) in [6.07, 6.45) is 1.21. The van der Waals surface area contributed by atoms with Crippen molar-refractivity contribution in [3.05, 3.63) is 48.1 Å². The smallest absolute Gasteiger partial charge is 0.276 e. The maximum atomic E-state index is 13.2. The molecule has 1 saturated heterocycles. The van der Waals surface area contributed by atoms with Crippen LogP contribution in [0, 0.1) is 5.82 Å². The zero-order valence-electron chi connectivity index (χ0n) is 12.6. The van der Waals surface area contributed by atoms with Gasteiger partial charge in [0.2, 0.25) is 0 Å². The number of rotatable bonds is 3. The summed E-state index contributed by atoms with van der Waals surface area (Å²) in [7, 11) is 0. The standard InChI is InChI=1S/C16H17FN2O4/c1-16(21)10-19(15(20)13-6-8-22-18-13)7-5-14(16)23-12-4-2-3-11(17)9-12/h2-4,6,8-9,14,21H,5,7,10H2,1H3/t14-,16-/m0/s1. The van der Waals surface area contributed by atoms with E-state index in [1.807, 2.05) is 0 Å². The molecule has 1 amide bonds. The third kappa shape index (κ3) is 3.34. The number of halogens is 1. The SMILES string of the molecule is C[C@]1(O)CN(C(=O)c2ccon2)CC[C@@H]1Oc1cccc(F)c1. The minimum absolute atomic E-state index is 0.0959. The second-order valence-corrected chi connectivity index (χ2v) is 5.82. The average Bonchev–Trinajstić information content (AvgIpc) is 3.02. The molecule has 23 heavy (non-hydrogen) atoms. The molecular weight excluding hydrogens is 303 g/mol. The van der Waals surface area contributed by atoms with Gasteiger partial charge in [0.05, 0.1) is 6.54 Å². The Bertz CT molecular complexity index is 687. The highest BCUT2D eigenvalue weighted by atomic mass is 19.1. The number of ether oxygens (including phenoxy) is 1. The fourth-order valence-electron chi connectivity index (χ4n) is 2.70. The summed E-state index contributed by atoms with van der Waals surface area (Å²) in [5, 5.41) is 14.2. The number of hydrogen-bond acceptors (Lipinski definition) is 5. The molecule has 0 spiro atoms. The minimum atomic E-state index is -1.26. The number of amides is 1. The number of nitrogens with zero attached hydrogens (tertiary/aromatic N) is 2. The number of aliphatic hydroxyl groups is 1. The van der Waals surface area contributed by atoms with Crippen LogP contribution in [-0.4, -0.2) is 45.9 Å². The van der Waals surface area contributed by atoms with Gasteiger partial charge in [-0.25, -0.2) is 4.39 Å². The van der Waals surface area contributed by atoms with Crippen molar-refractivity contribution in [3.8, 4) is 5.75 Å². The van der Waals surface area contributed by atoms with Gasteiger partial charge in [0, 0.05) is 25.1 Å². The summed E-state index contributed by atoms with van der Waals surface area (Å²) in [4.78, 5) is 13.8. The lowest BCUT2D eigenvalue weighted by molar-refractivity contribution is -0.0901. The first-order chi connectivity index (χ1) is 11.0. The van der Waals surface area contributed by atoms with E-state index < -0.39 is 17.5 Å². The number of likely N-dealkylation sites (tertiary alicyclic amines) is 1.